The number of nitrogens with one attached hydrogen (secondary N) is 1. The van der Waals surface area contributed by atoms with E-state index in [1.165, 1.54) is 12.1 Å². The third-order valence-electron chi connectivity index (χ3n) is 2.58. The molecule has 2 rings (SSSR count). The molecule has 1 N–H and O–H groups in total. The number of para-hydroxylation sites is 2. The van der Waals surface area contributed by atoms with Crippen molar-refractivity contribution in [3.8, 4) is 0 Å². The van der Waals surface area contributed by atoms with Crippen LogP contribution >= 0.6 is 15.9 Å². The summed E-state index contributed by atoms with van der Waals surface area (Å²) in [7, 11) is 0. The second-order valence-electron chi connectivity index (χ2n) is 3.86. The van der Waals surface area contributed by atoms with Gasteiger partial charge in [-0.2, -0.15) is 0 Å². The van der Waals surface area contributed by atoms with Crippen LogP contribution in [0.3, 0.4) is 0 Å². The Hall–Kier alpha value is -1.95. The maximum Gasteiger partial charge on any atom is 0.292 e. The number of hydrogen-bond donors (Lipinski definition) is 1. The normalized spacial score (nSPS) is 10.2. The van der Waals surface area contributed by atoms with Crippen molar-refractivity contribution in [2.24, 2.45) is 0 Å². The molecule has 0 radical (unpaired) electrons. The molecule has 0 saturated heterocycles. The number of nitro benzene ring substituents is 1. The van der Waals surface area contributed by atoms with Gasteiger partial charge in [0.25, 0.3) is 5.69 Å². The van der Waals surface area contributed by atoms with E-state index in [0.717, 1.165) is 4.47 Å². The van der Waals surface area contributed by atoms with Crippen molar-refractivity contribution in [1.29, 1.82) is 0 Å². The molecule has 0 aliphatic carbocycles. The van der Waals surface area contributed by atoms with E-state index in [0.29, 0.717) is 11.3 Å². The number of benzene rings is 2. The molecule has 0 amide bonds. The Morgan fingerprint density at radius 3 is 2.74 bits per heavy atom. The van der Waals surface area contributed by atoms with Gasteiger partial charge in [0, 0.05) is 22.6 Å². The molecule has 0 spiro atoms. The molecule has 0 aliphatic heterocycles. The minimum absolute atomic E-state index is 0.0297. The van der Waals surface area contributed by atoms with E-state index in [9.17, 15) is 14.5 Å². The zero-order valence-corrected chi connectivity index (χ0v) is 11.4. The fourth-order valence-corrected chi connectivity index (χ4v) is 2.06. The second-order valence-corrected chi connectivity index (χ2v) is 4.78. The standard InChI is InChI=1S/C13H10BrFN2O2/c14-10-5-6-11(15)9(7-10)8-16-12-3-1-2-4-13(12)17(18)19/h1-7,16H,8H2. The maximum atomic E-state index is 13.5. The zero-order chi connectivity index (χ0) is 13.8. The van der Waals surface area contributed by atoms with E-state index in [4.69, 9.17) is 0 Å². The third-order valence-corrected chi connectivity index (χ3v) is 3.07. The lowest BCUT2D eigenvalue weighted by molar-refractivity contribution is -0.384. The quantitative estimate of drug-likeness (QED) is 0.680. The fraction of sp³-hybridized carbons (Fsp3) is 0.0769. The summed E-state index contributed by atoms with van der Waals surface area (Å²) in [5.41, 5.74) is 0.775. The van der Waals surface area contributed by atoms with Gasteiger partial charge in [-0.1, -0.05) is 28.1 Å². The highest BCUT2D eigenvalue weighted by atomic mass is 79.9. The molecule has 0 saturated carbocycles. The highest BCUT2D eigenvalue weighted by molar-refractivity contribution is 9.10. The van der Waals surface area contributed by atoms with Gasteiger partial charge in [0.15, 0.2) is 0 Å². The molecule has 0 aliphatic rings. The first-order valence-electron chi connectivity index (χ1n) is 5.49. The average molecular weight is 325 g/mol. The van der Waals surface area contributed by atoms with Crippen molar-refractivity contribution in [1.82, 2.24) is 0 Å². The maximum absolute atomic E-state index is 13.5. The van der Waals surface area contributed by atoms with Crippen LogP contribution in [0.2, 0.25) is 0 Å². The van der Waals surface area contributed by atoms with Gasteiger partial charge in [0.1, 0.15) is 11.5 Å². The molecule has 0 atom stereocenters. The smallest absolute Gasteiger partial charge is 0.292 e. The van der Waals surface area contributed by atoms with Crippen LogP contribution in [0.25, 0.3) is 0 Å². The summed E-state index contributed by atoms with van der Waals surface area (Å²) in [5, 5.41) is 13.7. The van der Waals surface area contributed by atoms with Gasteiger partial charge in [-0.25, -0.2) is 4.39 Å². The van der Waals surface area contributed by atoms with Crippen molar-refractivity contribution in [2.45, 2.75) is 6.54 Å². The van der Waals surface area contributed by atoms with Crippen LogP contribution in [0.1, 0.15) is 5.56 Å². The SMILES string of the molecule is O=[N+]([O-])c1ccccc1NCc1cc(Br)ccc1F. The first-order chi connectivity index (χ1) is 9.08. The summed E-state index contributed by atoms with van der Waals surface area (Å²) in [4.78, 5) is 10.4. The topological polar surface area (TPSA) is 55.2 Å². The Bertz CT molecular complexity index is 619. The third kappa shape index (κ3) is 3.29. The van der Waals surface area contributed by atoms with Gasteiger partial charge >= 0.3 is 0 Å². The Morgan fingerprint density at radius 2 is 2.00 bits per heavy atom. The lowest BCUT2D eigenvalue weighted by atomic mass is 10.2. The zero-order valence-electron chi connectivity index (χ0n) is 9.77. The molecular formula is C13H10BrFN2O2. The number of rotatable bonds is 4. The summed E-state index contributed by atoms with van der Waals surface area (Å²) in [6.07, 6.45) is 0. The van der Waals surface area contributed by atoms with Gasteiger partial charge < -0.3 is 5.32 Å². The van der Waals surface area contributed by atoms with Crippen LogP contribution in [0.4, 0.5) is 15.8 Å². The molecule has 2 aromatic carbocycles. The molecule has 4 nitrogen and oxygen atoms in total. The molecule has 6 heteroatoms. The van der Waals surface area contributed by atoms with Crippen LogP contribution in [0.5, 0.6) is 0 Å². The molecule has 0 heterocycles. The molecule has 98 valence electrons. The minimum atomic E-state index is -0.473. The van der Waals surface area contributed by atoms with Gasteiger partial charge in [-0.15, -0.1) is 0 Å². The van der Waals surface area contributed by atoms with E-state index in [-0.39, 0.29) is 18.0 Å². The number of anilines is 1. The van der Waals surface area contributed by atoms with Gasteiger partial charge in [0.05, 0.1) is 4.92 Å². The molecule has 0 bridgehead atoms. The van der Waals surface area contributed by atoms with Gasteiger partial charge in [0.2, 0.25) is 0 Å². The predicted molar refractivity (Wildman–Crippen MR) is 74.5 cm³/mol. The van der Waals surface area contributed by atoms with Crippen LogP contribution in [-0.4, -0.2) is 4.92 Å². The number of nitro groups is 1. The van der Waals surface area contributed by atoms with Crippen molar-refractivity contribution < 1.29 is 9.31 Å². The van der Waals surface area contributed by atoms with Gasteiger partial charge in [-0.3, -0.25) is 10.1 Å². The minimum Gasteiger partial charge on any atom is -0.375 e. The summed E-state index contributed by atoms with van der Waals surface area (Å²) in [6.45, 7) is 0.177. The predicted octanol–water partition coefficient (Wildman–Crippen LogP) is 4.11. The number of nitrogens with zero attached hydrogens (tertiary/aromatic N) is 1. The summed E-state index contributed by atoms with van der Waals surface area (Å²) < 4.78 is 14.3. The first kappa shape index (κ1) is 13.5. The Labute approximate surface area is 117 Å². The Morgan fingerprint density at radius 1 is 1.26 bits per heavy atom. The molecule has 19 heavy (non-hydrogen) atoms. The molecule has 0 aromatic heterocycles. The average Bonchev–Trinajstić information content (AvgIpc) is 2.40. The number of hydrogen-bond acceptors (Lipinski definition) is 3. The highest BCUT2D eigenvalue weighted by Crippen LogP contribution is 2.24. The molecular weight excluding hydrogens is 315 g/mol. The Kier molecular flexibility index (Phi) is 4.11. The second kappa shape index (κ2) is 5.79. The lowest BCUT2D eigenvalue weighted by Crippen LogP contribution is -2.04. The monoisotopic (exact) mass is 324 g/mol. The van der Waals surface area contributed by atoms with E-state index in [2.05, 4.69) is 21.2 Å². The van der Waals surface area contributed by atoms with Crippen molar-refractivity contribution in [3.05, 3.63) is 68.4 Å². The lowest BCUT2D eigenvalue weighted by Gasteiger charge is -2.08. The van der Waals surface area contributed by atoms with Crippen molar-refractivity contribution in [2.75, 3.05) is 5.32 Å². The summed E-state index contributed by atoms with van der Waals surface area (Å²) >= 11 is 3.26. The largest absolute Gasteiger partial charge is 0.375 e. The van der Waals surface area contributed by atoms with Crippen molar-refractivity contribution >= 4 is 27.3 Å². The van der Waals surface area contributed by atoms with Gasteiger partial charge in [-0.05, 0) is 24.3 Å². The first-order valence-corrected chi connectivity index (χ1v) is 6.28. The van der Waals surface area contributed by atoms with Crippen LogP contribution < -0.4 is 5.32 Å². The van der Waals surface area contributed by atoms with E-state index in [1.807, 2.05) is 0 Å². The molecule has 0 unspecified atom stereocenters. The van der Waals surface area contributed by atoms with Crippen LogP contribution in [0.15, 0.2) is 46.9 Å². The molecule has 0 fully saturated rings. The molecule has 2 aromatic rings. The van der Waals surface area contributed by atoms with E-state index >= 15 is 0 Å². The number of halogens is 2. The Balaban J connectivity index is 2.19. The van der Waals surface area contributed by atoms with E-state index < -0.39 is 4.92 Å². The summed E-state index contributed by atoms with van der Waals surface area (Å²) in [6, 6.07) is 10.9. The van der Waals surface area contributed by atoms with Crippen molar-refractivity contribution in [3.63, 3.8) is 0 Å². The van der Waals surface area contributed by atoms with E-state index in [1.54, 1.807) is 30.3 Å². The summed E-state index contributed by atoms with van der Waals surface area (Å²) in [5.74, 6) is -0.353. The van der Waals surface area contributed by atoms with Crippen LogP contribution in [-0.2, 0) is 6.54 Å². The highest BCUT2D eigenvalue weighted by Gasteiger charge is 2.12. The van der Waals surface area contributed by atoms with Crippen LogP contribution in [0, 0.1) is 15.9 Å². The fourth-order valence-electron chi connectivity index (χ4n) is 1.65.